The lowest BCUT2D eigenvalue weighted by Crippen LogP contribution is -2.28. The van der Waals surface area contributed by atoms with Gasteiger partial charge in [-0.05, 0) is 37.5 Å². The van der Waals surface area contributed by atoms with Crippen molar-refractivity contribution in [2.75, 3.05) is 18.0 Å². The molecule has 0 aliphatic heterocycles. The lowest BCUT2D eigenvalue weighted by molar-refractivity contribution is 0.1000. The van der Waals surface area contributed by atoms with Crippen molar-refractivity contribution in [1.29, 1.82) is 0 Å². The number of rotatable bonds is 5. The molecule has 0 saturated carbocycles. The average Bonchev–Trinajstić information content (AvgIpc) is 2.26. The van der Waals surface area contributed by atoms with E-state index in [-0.39, 0.29) is 5.91 Å². The molecule has 0 atom stereocenters. The van der Waals surface area contributed by atoms with Gasteiger partial charge in [0.2, 0.25) is 5.91 Å². The third-order valence-corrected chi connectivity index (χ3v) is 2.88. The smallest absolute Gasteiger partial charge is 0.249 e. The van der Waals surface area contributed by atoms with Crippen LogP contribution in [0.1, 0.15) is 36.7 Å². The predicted octanol–water partition coefficient (Wildman–Crippen LogP) is 2.58. The monoisotopic (exact) mass is 234 g/mol. The lowest BCUT2D eigenvalue weighted by Gasteiger charge is -2.27. The van der Waals surface area contributed by atoms with E-state index in [9.17, 15) is 4.79 Å². The highest BCUT2D eigenvalue weighted by atomic mass is 16.1. The van der Waals surface area contributed by atoms with Crippen LogP contribution in [-0.4, -0.2) is 19.0 Å². The molecule has 0 unspecified atom stereocenters. The van der Waals surface area contributed by atoms with Gasteiger partial charge < -0.3 is 10.6 Å². The van der Waals surface area contributed by atoms with E-state index in [1.165, 1.54) is 0 Å². The van der Waals surface area contributed by atoms with Crippen LogP contribution in [0.25, 0.3) is 0 Å². The fraction of sp³-hybridized carbons (Fsp3) is 0.500. The highest BCUT2D eigenvalue weighted by Crippen LogP contribution is 2.23. The molecule has 0 radical (unpaired) electrons. The van der Waals surface area contributed by atoms with Crippen LogP contribution in [0.3, 0.4) is 0 Å². The van der Waals surface area contributed by atoms with Gasteiger partial charge in [-0.15, -0.1) is 0 Å². The van der Waals surface area contributed by atoms with Crippen molar-refractivity contribution in [1.82, 2.24) is 0 Å². The van der Waals surface area contributed by atoms with E-state index in [0.29, 0.717) is 11.5 Å². The second-order valence-corrected chi connectivity index (χ2v) is 4.75. The lowest BCUT2D eigenvalue weighted by atomic mass is 10.0. The number of hydrogen-bond donors (Lipinski definition) is 1. The summed E-state index contributed by atoms with van der Waals surface area (Å²) in [6.45, 7) is 10.4. The Morgan fingerprint density at radius 3 is 2.53 bits per heavy atom. The van der Waals surface area contributed by atoms with Crippen molar-refractivity contribution in [2.24, 2.45) is 11.7 Å². The van der Waals surface area contributed by atoms with Crippen LogP contribution in [0.2, 0.25) is 0 Å². The molecule has 0 saturated heterocycles. The van der Waals surface area contributed by atoms with Crippen LogP contribution in [-0.2, 0) is 0 Å². The van der Waals surface area contributed by atoms with Crippen LogP contribution >= 0.6 is 0 Å². The topological polar surface area (TPSA) is 46.3 Å². The molecule has 3 nitrogen and oxygen atoms in total. The van der Waals surface area contributed by atoms with E-state index in [1.54, 1.807) is 6.07 Å². The number of carbonyl (C=O) groups is 1. The summed E-state index contributed by atoms with van der Waals surface area (Å²) < 4.78 is 0. The number of nitrogens with two attached hydrogens (primary N) is 1. The molecule has 3 heteroatoms. The standard InChI is InChI=1S/C14H22N2O/c1-5-16(9-10(2)3)13-8-6-7-12(11(13)4)14(15)17/h6-8,10H,5,9H2,1-4H3,(H2,15,17). The summed E-state index contributed by atoms with van der Waals surface area (Å²) in [7, 11) is 0. The zero-order valence-electron chi connectivity index (χ0n) is 11.2. The van der Waals surface area contributed by atoms with Gasteiger partial charge in [0.05, 0.1) is 0 Å². The third-order valence-electron chi connectivity index (χ3n) is 2.88. The van der Waals surface area contributed by atoms with E-state index in [1.807, 2.05) is 19.1 Å². The van der Waals surface area contributed by atoms with Gasteiger partial charge in [0.25, 0.3) is 0 Å². The van der Waals surface area contributed by atoms with Gasteiger partial charge in [-0.2, -0.15) is 0 Å². The molecule has 1 amide bonds. The second kappa shape index (κ2) is 5.71. The molecule has 2 N–H and O–H groups in total. The molecule has 1 aromatic carbocycles. The van der Waals surface area contributed by atoms with Crippen molar-refractivity contribution >= 4 is 11.6 Å². The van der Waals surface area contributed by atoms with Gasteiger partial charge in [0.1, 0.15) is 0 Å². The SMILES string of the molecule is CCN(CC(C)C)c1cccc(C(N)=O)c1C. The molecule has 0 aliphatic rings. The van der Waals surface area contributed by atoms with Crippen molar-refractivity contribution in [2.45, 2.75) is 27.7 Å². The maximum absolute atomic E-state index is 11.3. The number of hydrogen-bond acceptors (Lipinski definition) is 2. The second-order valence-electron chi connectivity index (χ2n) is 4.75. The fourth-order valence-electron chi connectivity index (χ4n) is 2.07. The molecule has 0 fully saturated rings. The van der Waals surface area contributed by atoms with Crippen molar-refractivity contribution < 1.29 is 4.79 Å². The van der Waals surface area contributed by atoms with Crippen LogP contribution < -0.4 is 10.6 Å². The normalized spacial score (nSPS) is 10.6. The number of primary amides is 1. The van der Waals surface area contributed by atoms with Crippen LogP contribution in [0.5, 0.6) is 0 Å². The Kier molecular flexibility index (Phi) is 4.55. The summed E-state index contributed by atoms with van der Waals surface area (Å²) in [5.41, 5.74) is 8.07. The Morgan fingerprint density at radius 1 is 1.41 bits per heavy atom. The maximum Gasteiger partial charge on any atom is 0.249 e. The molecule has 1 rings (SSSR count). The van der Waals surface area contributed by atoms with Crippen molar-refractivity contribution in [3.63, 3.8) is 0 Å². The Hall–Kier alpha value is -1.51. The molecule has 17 heavy (non-hydrogen) atoms. The van der Waals surface area contributed by atoms with E-state index < -0.39 is 0 Å². The molecular weight excluding hydrogens is 212 g/mol. The van der Waals surface area contributed by atoms with Crippen molar-refractivity contribution in [3.8, 4) is 0 Å². The number of anilines is 1. The molecule has 0 spiro atoms. The van der Waals surface area contributed by atoms with Crippen LogP contribution in [0, 0.1) is 12.8 Å². The minimum absolute atomic E-state index is 0.357. The zero-order chi connectivity index (χ0) is 13.0. The summed E-state index contributed by atoms with van der Waals surface area (Å²) in [5, 5.41) is 0. The van der Waals surface area contributed by atoms with Gasteiger partial charge in [-0.1, -0.05) is 19.9 Å². The fourth-order valence-corrected chi connectivity index (χ4v) is 2.07. The minimum atomic E-state index is -0.357. The highest BCUT2D eigenvalue weighted by Gasteiger charge is 2.13. The quantitative estimate of drug-likeness (QED) is 0.851. The average molecular weight is 234 g/mol. The molecule has 0 aliphatic carbocycles. The number of carbonyl (C=O) groups excluding carboxylic acids is 1. The number of nitrogens with zero attached hydrogens (tertiary/aromatic N) is 1. The van der Waals surface area contributed by atoms with Gasteiger partial charge >= 0.3 is 0 Å². The van der Waals surface area contributed by atoms with Gasteiger partial charge in [0, 0.05) is 24.3 Å². The summed E-state index contributed by atoms with van der Waals surface area (Å²) in [6, 6.07) is 5.73. The van der Waals surface area contributed by atoms with Crippen LogP contribution in [0.15, 0.2) is 18.2 Å². The Labute approximate surface area is 104 Å². The summed E-state index contributed by atoms with van der Waals surface area (Å²) in [4.78, 5) is 13.6. The minimum Gasteiger partial charge on any atom is -0.371 e. The van der Waals surface area contributed by atoms with E-state index in [0.717, 1.165) is 24.3 Å². The molecule has 0 heterocycles. The Morgan fingerprint density at radius 2 is 2.06 bits per heavy atom. The Bertz CT molecular complexity index is 399. The summed E-state index contributed by atoms with van der Waals surface area (Å²) in [6.07, 6.45) is 0. The summed E-state index contributed by atoms with van der Waals surface area (Å²) >= 11 is 0. The van der Waals surface area contributed by atoms with Gasteiger partial charge in [0.15, 0.2) is 0 Å². The van der Waals surface area contributed by atoms with E-state index in [2.05, 4.69) is 25.7 Å². The van der Waals surface area contributed by atoms with Crippen LogP contribution in [0.4, 0.5) is 5.69 Å². The van der Waals surface area contributed by atoms with Gasteiger partial charge in [-0.25, -0.2) is 0 Å². The molecule has 94 valence electrons. The van der Waals surface area contributed by atoms with Gasteiger partial charge in [-0.3, -0.25) is 4.79 Å². The molecule has 0 bridgehead atoms. The largest absolute Gasteiger partial charge is 0.371 e. The van der Waals surface area contributed by atoms with E-state index >= 15 is 0 Å². The molecule has 1 aromatic rings. The first-order valence-electron chi connectivity index (χ1n) is 6.11. The first kappa shape index (κ1) is 13.6. The van der Waals surface area contributed by atoms with E-state index in [4.69, 9.17) is 5.73 Å². The zero-order valence-corrected chi connectivity index (χ0v) is 11.2. The molecule has 0 aromatic heterocycles. The number of amides is 1. The third kappa shape index (κ3) is 3.22. The first-order valence-corrected chi connectivity index (χ1v) is 6.11. The predicted molar refractivity (Wildman–Crippen MR) is 72.4 cm³/mol. The molecular formula is C14H22N2O. The highest BCUT2D eigenvalue weighted by molar-refractivity contribution is 5.95. The summed E-state index contributed by atoms with van der Waals surface area (Å²) in [5.74, 6) is 0.233. The number of benzene rings is 1. The Balaban J connectivity index is 3.11. The first-order chi connectivity index (χ1) is 7.97. The maximum atomic E-state index is 11.3. The van der Waals surface area contributed by atoms with Crippen molar-refractivity contribution in [3.05, 3.63) is 29.3 Å².